The largest absolute Gasteiger partial charge is 0.394 e. The third-order valence-corrected chi connectivity index (χ3v) is 7.88. The second-order valence-corrected chi connectivity index (χ2v) is 11.8. The van der Waals surface area contributed by atoms with Gasteiger partial charge in [0.05, 0.1) is 21.4 Å². The van der Waals surface area contributed by atoms with E-state index in [9.17, 15) is 26.4 Å². The van der Waals surface area contributed by atoms with E-state index in [0.717, 1.165) is 0 Å². The summed E-state index contributed by atoms with van der Waals surface area (Å²) in [4.78, 5) is 12.7. The number of hydrogen-bond donors (Lipinski definition) is 2. The second kappa shape index (κ2) is 5.85. The third kappa shape index (κ3) is 3.35. The van der Waals surface area contributed by atoms with E-state index in [2.05, 4.69) is 26.0 Å². The minimum atomic E-state index is -4.26. The highest BCUT2D eigenvalue weighted by molar-refractivity contribution is 9.10. The van der Waals surface area contributed by atoms with Gasteiger partial charge in [-0.25, -0.2) is 8.42 Å². The molecule has 1 aromatic carbocycles. The first kappa shape index (κ1) is 20.4. The molecule has 0 saturated heterocycles. The Labute approximate surface area is 164 Å². The fourth-order valence-electron chi connectivity index (χ4n) is 3.62. The molecule has 27 heavy (non-hydrogen) atoms. The third-order valence-electron chi connectivity index (χ3n) is 5.29. The van der Waals surface area contributed by atoms with Crippen LogP contribution in [0.5, 0.6) is 0 Å². The summed E-state index contributed by atoms with van der Waals surface area (Å²) in [6, 6.07) is 4.47. The van der Waals surface area contributed by atoms with Crippen LogP contribution in [0.15, 0.2) is 22.7 Å². The monoisotopic (exact) mass is 468 g/mol. The van der Waals surface area contributed by atoms with Crippen molar-refractivity contribution in [3.05, 3.63) is 28.2 Å². The van der Waals surface area contributed by atoms with Gasteiger partial charge in [0.15, 0.2) is 0 Å². The Bertz CT molecular complexity index is 887. The molecule has 0 aromatic heterocycles. The van der Waals surface area contributed by atoms with Crippen LogP contribution in [0.1, 0.15) is 50.4 Å². The van der Waals surface area contributed by atoms with E-state index in [1.165, 1.54) is 32.9 Å². The highest BCUT2D eigenvalue weighted by atomic mass is 79.9. The van der Waals surface area contributed by atoms with Crippen LogP contribution in [0, 0.1) is 5.41 Å². The summed E-state index contributed by atoms with van der Waals surface area (Å²) in [5, 5.41) is 2.67. The van der Waals surface area contributed by atoms with E-state index in [-0.39, 0.29) is 30.5 Å². The van der Waals surface area contributed by atoms with Crippen molar-refractivity contribution < 1.29 is 26.4 Å². The zero-order chi connectivity index (χ0) is 20.5. The van der Waals surface area contributed by atoms with Gasteiger partial charge in [0.2, 0.25) is 10.0 Å². The average molecular weight is 469 g/mol. The molecule has 0 unspecified atom stereocenters. The summed E-state index contributed by atoms with van der Waals surface area (Å²) in [5.74, 6) is -0.599. The van der Waals surface area contributed by atoms with E-state index in [4.69, 9.17) is 0 Å². The molecule has 3 aliphatic rings. The zero-order valence-electron chi connectivity index (χ0n) is 15.0. The van der Waals surface area contributed by atoms with Gasteiger partial charge in [0.1, 0.15) is 0 Å². The van der Waals surface area contributed by atoms with Gasteiger partial charge in [-0.1, -0.05) is 15.9 Å². The van der Waals surface area contributed by atoms with Gasteiger partial charge < -0.3 is 5.32 Å². The Morgan fingerprint density at radius 1 is 1.15 bits per heavy atom. The highest BCUT2D eigenvalue weighted by Gasteiger charge is 2.79. The van der Waals surface area contributed by atoms with Crippen LogP contribution in [0.3, 0.4) is 0 Å². The normalized spacial score (nSPS) is 27.4. The van der Waals surface area contributed by atoms with Crippen LogP contribution in [-0.2, 0) is 10.0 Å². The Kier molecular flexibility index (Phi) is 4.43. The van der Waals surface area contributed by atoms with Crippen LogP contribution < -0.4 is 10.0 Å². The number of sulfonamides is 1. The van der Waals surface area contributed by atoms with Crippen molar-refractivity contribution in [3.8, 4) is 0 Å². The fourth-order valence-corrected chi connectivity index (χ4v) is 4.76. The molecule has 1 amide bonds. The summed E-state index contributed by atoms with van der Waals surface area (Å²) in [5.41, 5.74) is -2.38. The lowest BCUT2D eigenvalue weighted by Crippen LogP contribution is -2.78. The molecule has 3 aliphatic carbocycles. The molecule has 0 heterocycles. The van der Waals surface area contributed by atoms with E-state index in [1.807, 2.05) is 0 Å². The number of nitrogens with one attached hydrogen (secondary N) is 2. The van der Waals surface area contributed by atoms with Gasteiger partial charge in [0.25, 0.3) is 5.91 Å². The molecule has 2 bridgehead atoms. The molecule has 0 atom stereocenters. The lowest BCUT2D eigenvalue weighted by Gasteiger charge is -2.70. The predicted molar refractivity (Wildman–Crippen MR) is 99.0 cm³/mol. The van der Waals surface area contributed by atoms with Gasteiger partial charge in [-0.3, -0.25) is 9.52 Å². The number of hydrogen-bond acceptors (Lipinski definition) is 3. The number of benzene rings is 1. The van der Waals surface area contributed by atoms with Crippen LogP contribution in [0.25, 0.3) is 0 Å². The van der Waals surface area contributed by atoms with Crippen molar-refractivity contribution in [3.63, 3.8) is 0 Å². The van der Waals surface area contributed by atoms with Gasteiger partial charge in [-0.15, -0.1) is 0 Å². The molecular formula is C17H20BrF3N2O3S. The minimum Gasteiger partial charge on any atom is -0.346 e. The molecule has 3 fully saturated rings. The van der Waals surface area contributed by atoms with E-state index in [1.54, 1.807) is 6.07 Å². The molecule has 0 aliphatic heterocycles. The van der Waals surface area contributed by atoms with Crippen molar-refractivity contribution in [1.82, 2.24) is 5.32 Å². The number of halogens is 4. The smallest absolute Gasteiger partial charge is 0.346 e. The number of anilines is 1. The predicted octanol–water partition coefficient (Wildman–Crippen LogP) is 4.20. The van der Waals surface area contributed by atoms with Gasteiger partial charge in [-0.05, 0) is 58.2 Å². The van der Waals surface area contributed by atoms with E-state index >= 15 is 0 Å². The molecule has 150 valence electrons. The average Bonchev–Trinajstić information content (AvgIpc) is 2.40. The zero-order valence-corrected chi connectivity index (χ0v) is 17.4. The summed E-state index contributed by atoms with van der Waals surface area (Å²) >= 11 is 3.23. The maximum absolute atomic E-state index is 13.0. The lowest BCUT2D eigenvalue weighted by molar-refractivity contribution is -0.336. The first-order valence-corrected chi connectivity index (χ1v) is 10.6. The van der Waals surface area contributed by atoms with E-state index < -0.39 is 37.8 Å². The molecule has 1 aromatic rings. The number of alkyl halides is 3. The molecular weight excluding hydrogens is 449 g/mol. The van der Waals surface area contributed by atoms with Crippen LogP contribution >= 0.6 is 15.9 Å². The fraction of sp³-hybridized carbons (Fsp3) is 0.588. The number of rotatable bonds is 4. The molecule has 5 nitrogen and oxygen atoms in total. The second-order valence-electron chi connectivity index (χ2n) is 8.45. The van der Waals surface area contributed by atoms with Crippen molar-refractivity contribution in [1.29, 1.82) is 0 Å². The van der Waals surface area contributed by atoms with Crippen molar-refractivity contribution in [2.45, 2.75) is 56.5 Å². The Morgan fingerprint density at radius 2 is 1.70 bits per heavy atom. The maximum Gasteiger partial charge on any atom is 0.394 e. The number of carbonyl (C=O) groups excluding carboxylic acids is 1. The number of amides is 1. The van der Waals surface area contributed by atoms with Crippen molar-refractivity contribution in [2.24, 2.45) is 5.41 Å². The standard InChI is InChI=1S/C17H20BrF3N2O3S/c1-14(2,3)27(25,26)23-12-5-4-10(18)6-11(12)13(24)22-16-7-15(8-16,9-16)17(19,20)21/h4-6,23H,7-9H2,1-3H3,(H,22,24). The first-order chi connectivity index (χ1) is 12.1. The molecule has 0 spiro atoms. The molecule has 10 heteroatoms. The van der Waals surface area contributed by atoms with Gasteiger partial charge in [0, 0.05) is 10.0 Å². The van der Waals surface area contributed by atoms with Gasteiger partial charge in [-0.2, -0.15) is 13.2 Å². The summed E-state index contributed by atoms with van der Waals surface area (Å²) < 4.78 is 65.6. The molecule has 0 radical (unpaired) electrons. The summed E-state index contributed by atoms with van der Waals surface area (Å²) in [7, 11) is -3.77. The Hall–Kier alpha value is -1.29. The van der Waals surface area contributed by atoms with Crippen LogP contribution in [0.2, 0.25) is 0 Å². The topological polar surface area (TPSA) is 75.3 Å². The van der Waals surface area contributed by atoms with E-state index in [0.29, 0.717) is 4.47 Å². The summed E-state index contributed by atoms with van der Waals surface area (Å²) in [6.07, 6.45) is -4.66. The SMILES string of the molecule is CC(C)(C)S(=O)(=O)Nc1ccc(Br)cc1C(=O)NC12CC(C(F)(F)F)(C1)C2. The first-order valence-electron chi connectivity index (χ1n) is 8.31. The molecule has 2 N–H and O–H groups in total. The number of carbonyl (C=O) groups is 1. The van der Waals surface area contributed by atoms with Crippen LogP contribution in [-0.4, -0.2) is 30.8 Å². The minimum absolute atomic E-state index is 0.0583. The molecule has 3 saturated carbocycles. The van der Waals surface area contributed by atoms with Crippen molar-refractivity contribution in [2.75, 3.05) is 4.72 Å². The molecule has 4 rings (SSSR count). The quantitative estimate of drug-likeness (QED) is 0.694. The Balaban J connectivity index is 1.80. The lowest BCUT2D eigenvalue weighted by atomic mass is 9.39. The Morgan fingerprint density at radius 3 is 2.19 bits per heavy atom. The van der Waals surface area contributed by atoms with Crippen molar-refractivity contribution >= 4 is 37.5 Å². The summed E-state index contributed by atoms with van der Waals surface area (Å²) in [6.45, 7) is 4.56. The maximum atomic E-state index is 13.0. The highest BCUT2D eigenvalue weighted by Crippen LogP contribution is 2.73. The van der Waals surface area contributed by atoms with Gasteiger partial charge >= 0.3 is 6.18 Å². The van der Waals surface area contributed by atoms with Crippen LogP contribution in [0.4, 0.5) is 18.9 Å².